The third-order valence-electron chi connectivity index (χ3n) is 2.40. The van der Waals surface area contributed by atoms with Crippen molar-refractivity contribution in [1.82, 2.24) is 25.8 Å². The number of carboxylic acids is 1. The van der Waals surface area contributed by atoms with Crippen LogP contribution in [0.1, 0.15) is 25.6 Å². The first-order valence-corrected chi connectivity index (χ1v) is 5.68. The van der Waals surface area contributed by atoms with Gasteiger partial charge in [0.25, 0.3) is 0 Å². The summed E-state index contributed by atoms with van der Waals surface area (Å²) in [6.45, 7) is 2.36. The van der Waals surface area contributed by atoms with Crippen LogP contribution in [-0.2, 0) is 11.3 Å². The molecule has 0 aliphatic rings. The number of nitrogens with one attached hydrogen (secondary N) is 3. The molecule has 1 atom stereocenters. The maximum Gasteiger partial charge on any atom is 0.315 e. The number of hydrogen-bond acceptors (Lipinski definition) is 4. The van der Waals surface area contributed by atoms with Crippen LogP contribution in [0.2, 0.25) is 0 Å². The standard InChI is InChI=1S/C10H17N5O3/c1-7(9(16)17)3-2-4-11-10(18)12-5-8-13-6-14-15-8/h6-7H,2-5H2,1H3,(H,16,17)(H2,11,12,18)(H,13,14,15). The van der Waals surface area contributed by atoms with Gasteiger partial charge in [-0.2, -0.15) is 5.10 Å². The van der Waals surface area contributed by atoms with Gasteiger partial charge in [0.1, 0.15) is 12.2 Å². The van der Waals surface area contributed by atoms with Gasteiger partial charge < -0.3 is 15.7 Å². The highest BCUT2D eigenvalue weighted by atomic mass is 16.4. The second-order valence-corrected chi connectivity index (χ2v) is 3.92. The van der Waals surface area contributed by atoms with Crippen LogP contribution in [0.5, 0.6) is 0 Å². The van der Waals surface area contributed by atoms with Crippen LogP contribution in [-0.4, -0.2) is 38.8 Å². The number of rotatable bonds is 7. The summed E-state index contributed by atoms with van der Waals surface area (Å²) in [5, 5.41) is 20.2. The van der Waals surface area contributed by atoms with E-state index >= 15 is 0 Å². The van der Waals surface area contributed by atoms with E-state index in [0.717, 1.165) is 0 Å². The second kappa shape index (κ2) is 7.25. The number of urea groups is 1. The van der Waals surface area contributed by atoms with Gasteiger partial charge in [0.15, 0.2) is 0 Å². The third kappa shape index (κ3) is 5.28. The molecule has 0 spiro atoms. The number of carbonyl (C=O) groups excluding carboxylic acids is 1. The van der Waals surface area contributed by atoms with Gasteiger partial charge in [-0.15, -0.1) is 0 Å². The van der Waals surface area contributed by atoms with Crippen molar-refractivity contribution >= 4 is 12.0 Å². The van der Waals surface area contributed by atoms with E-state index in [2.05, 4.69) is 25.8 Å². The minimum absolute atomic E-state index is 0.275. The summed E-state index contributed by atoms with van der Waals surface area (Å²) in [5.74, 6) is -0.626. The summed E-state index contributed by atoms with van der Waals surface area (Å²) in [4.78, 5) is 25.7. The van der Waals surface area contributed by atoms with Crippen LogP contribution in [0, 0.1) is 5.92 Å². The van der Waals surface area contributed by atoms with Crippen LogP contribution < -0.4 is 10.6 Å². The molecule has 0 fully saturated rings. The number of aromatic nitrogens is 3. The van der Waals surface area contributed by atoms with Crippen molar-refractivity contribution in [3.05, 3.63) is 12.2 Å². The maximum atomic E-state index is 11.3. The van der Waals surface area contributed by atoms with Crippen LogP contribution in [0.15, 0.2) is 6.33 Å². The highest BCUT2D eigenvalue weighted by molar-refractivity contribution is 5.73. The molecule has 0 saturated carbocycles. The van der Waals surface area contributed by atoms with Crippen molar-refractivity contribution in [3.63, 3.8) is 0 Å². The zero-order valence-electron chi connectivity index (χ0n) is 10.1. The normalized spacial score (nSPS) is 11.8. The Morgan fingerprint density at radius 3 is 2.89 bits per heavy atom. The molecule has 1 aromatic heterocycles. The van der Waals surface area contributed by atoms with E-state index in [9.17, 15) is 9.59 Å². The van der Waals surface area contributed by atoms with E-state index in [1.165, 1.54) is 6.33 Å². The molecule has 0 saturated heterocycles. The molecule has 2 amide bonds. The van der Waals surface area contributed by atoms with Gasteiger partial charge in [-0.05, 0) is 12.8 Å². The van der Waals surface area contributed by atoms with Crippen LogP contribution in [0.25, 0.3) is 0 Å². The van der Waals surface area contributed by atoms with Crippen molar-refractivity contribution in [1.29, 1.82) is 0 Å². The predicted octanol–water partition coefficient (Wildman–Crippen LogP) is 0.105. The summed E-state index contributed by atoms with van der Waals surface area (Å²) in [7, 11) is 0. The van der Waals surface area contributed by atoms with Gasteiger partial charge in [0.05, 0.1) is 12.5 Å². The Bertz CT molecular complexity index is 379. The monoisotopic (exact) mass is 255 g/mol. The topological polar surface area (TPSA) is 120 Å². The van der Waals surface area contributed by atoms with Gasteiger partial charge in [0.2, 0.25) is 0 Å². The first-order chi connectivity index (χ1) is 8.59. The van der Waals surface area contributed by atoms with E-state index in [4.69, 9.17) is 5.11 Å². The highest BCUT2D eigenvalue weighted by Gasteiger charge is 2.10. The Kier molecular flexibility index (Phi) is 5.62. The molecule has 18 heavy (non-hydrogen) atoms. The fraction of sp³-hybridized carbons (Fsp3) is 0.600. The number of H-pyrrole nitrogens is 1. The summed E-state index contributed by atoms with van der Waals surface area (Å²) in [6.07, 6.45) is 2.53. The number of amides is 2. The van der Waals surface area contributed by atoms with Crippen molar-refractivity contribution in [2.45, 2.75) is 26.3 Å². The number of carboxylic acid groups (broad SMARTS) is 1. The van der Waals surface area contributed by atoms with Crippen molar-refractivity contribution in [2.75, 3.05) is 6.54 Å². The van der Waals surface area contributed by atoms with E-state index in [1.807, 2.05) is 0 Å². The summed E-state index contributed by atoms with van der Waals surface area (Å²) in [6, 6.07) is -0.311. The summed E-state index contributed by atoms with van der Waals surface area (Å²) in [5.41, 5.74) is 0. The minimum atomic E-state index is -0.815. The molecule has 0 radical (unpaired) electrons. The van der Waals surface area contributed by atoms with Gasteiger partial charge in [-0.1, -0.05) is 6.92 Å². The molecule has 0 aromatic carbocycles. The first-order valence-electron chi connectivity index (χ1n) is 5.68. The number of nitrogens with zero attached hydrogens (tertiary/aromatic N) is 2. The molecule has 8 heteroatoms. The van der Waals surface area contributed by atoms with Crippen LogP contribution in [0.4, 0.5) is 4.79 Å². The first kappa shape index (κ1) is 13.9. The van der Waals surface area contributed by atoms with E-state index in [0.29, 0.717) is 25.2 Å². The Morgan fingerprint density at radius 1 is 1.50 bits per heavy atom. The molecule has 100 valence electrons. The summed E-state index contributed by atoms with van der Waals surface area (Å²) < 4.78 is 0. The van der Waals surface area contributed by atoms with Gasteiger partial charge in [-0.25, -0.2) is 9.78 Å². The zero-order chi connectivity index (χ0) is 13.4. The van der Waals surface area contributed by atoms with E-state index < -0.39 is 5.97 Å². The zero-order valence-corrected chi connectivity index (χ0v) is 10.1. The smallest absolute Gasteiger partial charge is 0.315 e. The Balaban J connectivity index is 2.05. The fourth-order valence-electron chi connectivity index (χ4n) is 1.28. The Hall–Kier alpha value is -2.12. The molecule has 8 nitrogen and oxygen atoms in total. The third-order valence-corrected chi connectivity index (χ3v) is 2.40. The maximum absolute atomic E-state index is 11.3. The van der Waals surface area contributed by atoms with Gasteiger partial charge in [-0.3, -0.25) is 9.89 Å². The Labute approximate surface area is 104 Å². The van der Waals surface area contributed by atoms with Gasteiger partial charge >= 0.3 is 12.0 Å². The largest absolute Gasteiger partial charge is 0.481 e. The van der Waals surface area contributed by atoms with Crippen molar-refractivity contribution in [3.8, 4) is 0 Å². The Morgan fingerprint density at radius 2 is 2.28 bits per heavy atom. The lowest BCUT2D eigenvalue weighted by molar-refractivity contribution is -0.141. The summed E-state index contributed by atoms with van der Waals surface area (Å²) >= 11 is 0. The van der Waals surface area contributed by atoms with Crippen LogP contribution >= 0.6 is 0 Å². The molecule has 0 bridgehead atoms. The molecule has 0 aliphatic carbocycles. The molecule has 1 rings (SSSR count). The fourth-order valence-corrected chi connectivity index (χ4v) is 1.28. The molecule has 1 heterocycles. The van der Waals surface area contributed by atoms with Crippen LogP contribution in [0.3, 0.4) is 0 Å². The number of hydrogen-bond donors (Lipinski definition) is 4. The average Bonchev–Trinajstić information content (AvgIpc) is 2.84. The number of carbonyl (C=O) groups is 2. The lowest BCUT2D eigenvalue weighted by Crippen LogP contribution is -2.36. The van der Waals surface area contributed by atoms with E-state index in [1.54, 1.807) is 6.92 Å². The molecular formula is C10H17N5O3. The molecule has 4 N–H and O–H groups in total. The molecular weight excluding hydrogens is 238 g/mol. The SMILES string of the molecule is CC(CCCNC(=O)NCc1ncn[nH]1)C(=O)O. The molecule has 0 aliphatic heterocycles. The second-order valence-electron chi connectivity index (χ2n) is 3.92. The van der Waals surface area contributed by atoms with Crippen molar-refractivity contribution < 1.29 is 14.7 Å². The molecule has 1 aromatic rings. The quantitative estimate of drug-likeness (QED) is 0.515. The number of aliphatic carboxylic acids is 1. The average molecular weight is 255 g/mol. The van der Waals surface area contributed by atoms with Gasteiger partial charge in [0, 0.05) is 6.54 Å². The lowest BCUT2D eigenvalue weighted by Gasteiger charge is -2.08. The lowest BCUT2D eigenvalue weighted by atomic mass is 10.1. The van der Waals surface area contributed by atoms with Crippen molar-refractivity contribution in [2.24, 2.45) is 5.92 Å². The minimum Gasteiger partial charge on any atom is -0.481 e. The highest BCUT2D eigenvalue weighted by Crippen LogP contribution is 2.03. The molecule has 1 unspecified atom stereocenters. The predicted molar refractivity (Wildman–Crippen MR) is 62.7 cm³/mol. The number of aromatic amines is 1. The van der Waals surface area contributed by atoms with E-state index in [-0.39, 0.29) is 18.5 Å².